The summed E-state index contributed by atoms with van der Waals surface area (Å²) >= 11 is 0. The number of rotatable bonds is 5. The van der Waals surface area contributed by atoms with Gasteiger partial charge in [0, 0.05) is 17.7 Å². The molecule has 2 aliphatic heterocycles. The first-order valence-corrected chi connectivity index (χ1v) is 10.9. The molecular formula is C27H20FN3O4. The van der Waals surface area contributed by atoms with Crippen molar-refractivity contribution in [2.75, 3.05) is 13.2 Å². The third kappa shape index (κ3) is 4.32. The maximum absolute atomic E-state index is 13.5. The molecule has 7 nitrogen and oxygen atoms in total. The van der Waals surface area contributed by atoms with Crippen molar-refractivity contribution in [1.82, 2.24) is 15.5 Å². The highest BCUT2D eigenvalue weighted by Gasteiger charge is 2.50. The van der Waals surface area contributed by atoms with Crippen LogP contribution in [0.4, 0.5) is 9.18 Å². The maximum atomic E-state index is 13.5. The number of urea groups is 1. The lowest BCUT2D eigenvalue weighted by molar-refractivity contribution is -0.124. The average molecular weight is 469 g/mol. The number of hydrogen-bond acceptors (Lipinski definition) is 4. The zero-order valence-corrected chi connectivity index (χ0v) is 18.5. The quantitative estimate of drug-likeness (QED) is 0.444. The van der Waals surface area contributed by atoms with Crippen LogP contribution in [0, 0.1) is 17.7 Å². The van der Waals surface area contributed by atoms with Crippen LogP contribution in [0.5, 0.6) is 5.75 Å². The van der Waals surface area contributed by atoms with Gasteiger partial charge < -0.3 is 15.0 Å². The van der Waals surface area contributed by atoms with E-state index in [0.29, 0.717) is 16.9 Å². The smallest absolute Gasteiger partial charge is 0.322 e. The zero-order chi connectivity index (χ0) is 24.4. The van der Waals surface area contributed by atoms with Gasteiger partial charge in [-0.1, -0.05) is 48.2 Å². The van der Waals surface area contributed by atoms with Crippen molar-refractivity contribution in [1.29, 1.82) is 0 Å². The minimum absolute atomic E-state index is 0.109. The predicted molar refractivity (Wildman–Crippen MR) is 125 cm³/mol. The van der Waals surface area contributed by atoms with Crippen molar-refractivity contribution in [3.05, 3.63) is 101 Å². The number of halogens is 1. The van der Waals surface area contributed by atoms with Gasteiger partial charge in [0.1, 0.15) is 18.2 Å². The molecule has 0 spiro atoms. The number of carbonyl (C=O) groups excluding carboxylic acids is 3. The van der Waals surface area contributed by atoms with Gasteiger partial charge in [0.15, 0.2) is 5.54 Å². The Hall–Kier alpha value is -4.64. The number of nitrogens with one attached hydrogen (secondary N) is 2. The lowest BCUT2D eigenvalue weighted by Crippen LogP contribution is -2.52. The molecule has 0 saturated carbocycles. The Morgan fingerprint density at radius 2 is 1.77 bits per heavy atom. The number of ether oxygens (including phenoxy) is 1. The second kappa shape index (κ2) is 8.95. The van der Waals surface area contributed by atoms with Crippen LogP contribution in [0.2, 0.25) is 0 Å². The fourth-order valence-electron chi connectivity index (χ4n) is 4.26. The minimum atomic E-state index is -1.52. The van der Waals surface area contributed by atoms with E-state index in [1.54, 1.807) is 18.2 Å². The van der Waals surface area contributed by atoms with Crippen molar-refractivity contribution in [2.45, 2.75) is 12.1 Å². The fourth-order valence-corrected chi connectivity index (χ4v) is 4.26. The van der Waals surface area contributed by atoms with E-state index in [1.165, 1.54) is 29.2 Å². The van der Waals surface area contributed by atoms with E-state index in [2.05, 4.69) is 22.5 Å². The normalized spacial score (nSPS) is 18.4. The summed E-state index contributed by atoms with van der Waals surface area (Å²) < 4.78 is 19.2. The summed E-state index contributed by atoms with van der Waals surface area (Å²) in [5, 5.41) is 4.86. The topological polar surface area (TPSA) is 87.7 Å². The molecule has 2 heterocycles. The molecular weight excluding hydrogens is 449 g/mol. The summed E-state index contributed by atoms with van der Waals surface area (Å²) in [4.78, 5) is 39.5. The summed E-state index contributed by atoms with van der Waals surface area (Å²) in [5.74, 6) is 5.09. The number of amides is 4. The van der Waals surface area contributed by atoms with Crippen LogP contribution in [0.15, 0.2) is 72.8 Å². The molecule has 0 unspecified atom stereocenters. The SMILES string of the molecule is O=C1NC(=O)[C@](CN2Cc3ccc(OCC#Cc4ccccc4)cc3C2=O)(c2ccc(F)cc2)N1. The Morgan fingerprint density at radius 3 is 2.49 bits per heavy atom. The second-order valence-electron chi connectivity index (χ2n) is 8.26. The van der Waals surface area contributed by atoms with Crippen molar-refractivity contribution in [2.24, 2.45) is 0 Å². The monoisotopic (exact) mass is 469 g/mol. The molecule has 2 aliphatic rings. The molecule has 1 fully saturated rings. The molecule has 3 aromatic rings. The van der Waals surface area contributed by atoms with Gasteiger partial charge in [-0.25, -0.2) is 9.18 Å². The van der Waals surface area contributed by atoms with Gasteiger partial charge in [0.05, 0.1) is 6.54 Å². The summed E-state index contributed by atoms with van der Waals surface area (Å²) in [6.07, 6.45) is 0. The fraction of sp³-hybridized carbons (Fsp3) is 0.148. The first-order chi connectivity index (χ1) is 16.9. The molecule has 2 N–H and O–H groups in total. The second-order valence-corrected chi connectivity index (χ2v) is 8.26. The van der Waals surface area contributed by atoms with Gasteiger partial charge >= 0.3 is 6.03 Å². The Morgan fingerprint density at radius 1 is 1.00 bits per heavy atom. The van der Waals surface area contributed by atoms with Crippen LogP contribution in [0.25, 0.3) is 0 Å². The highest BCUT2D eigenvalue weighted by molar-refractivity contribution is 6.08. The lowest BCUT2D eigenvalue weighted by atomic mass is 9.89. The van der Waals surface area contributed by atoms with Crippen molar-refractivity contribution < 1.29 is 23.5 Å². The Balaban J connectivity index is 1.32. The highest BCUT2D eigenvalue weighted by Crippen LogP contribution is 2.32. The summed E-state index contributed by atoms with van der Waals surface area (Å²) in [6, 6.07) is 19.4. The molecule has 1 atom stereocenters. The predicted octanol–water partition coefficient (Wildman–Crippen LogP) is 2.95. The lowest BCUT2D eigenvalue weighted by Gasteiger charge is -2.31. The molecule has 8 heteroatoms. The van der Waals surface area contributed by atoms with Crippen LogP contribution < -0.4 is 15.4 Å². The molecule has 0 aromatic heterocycles. The number of imide groups is 1. The standard InChI is InChI=1S/C27H20FN3O4/c28-21-11-9-20(10-12-21)27(25(33)29-26(34)30-27)17-31-16-19-8-13-22(15-23(19)24(31)32)35-14-4-7-18-5-2-1-3-6-18/h1-3,5-6,8-13,15H,14,16-17H2,(H2,29,30,33,34)/t27-/m0/s1. The number of fused-ring (bicyclic) bond motifs is 1. The van der Waals surface area contributed by atoms with E-state index in [1.807, 2.05) is 30.3 Å². The van der Waals surface area contributed by atoms with Gasteiger partial charge in [0.2, 0.25) is 0 Å². The average Bonchev–Trinajstić information content (AvgIpc) is 3.32. The van der Waals surface area contributed by atoms with Crippen LogP contribution in [-0.2, 0) is 16.9 Å². The summed E-state index contributed by atoms with van der Waals surface area (Å²) in [6.45, 7) is 0.308. The van der Waals surface area contributed by atoms with Crippen molar-refractivity contribution in [3.8, 4) is 17.6 Å². The Kier molecular flexibility index (Phi) is 5.67. The van der Waals surface area contributed by atoms with Gasteiger partial charge in [-0.2, -0.15) is 0 Å². The van der Waals surface area contributed by atoms with Gasteiger partial charge in [-0.3, -0.25) is 14.9 Å². The number of hydrogen-bond donors (Lipinski definition) is 2. The van der Waals surface area contributed by atoms with E-state index >= 15 is 0 Å². The molecule has 3 aromatic carbocycles. The molecule has 1 saturated heterocycles. The van der Waals surface area contributed by atoms with E-state index in [4.69, 9.17) is 4.74 Å². The molecule has 35 heavy (non-hydrogen) atoms. The van der Waals surface area contributed by atoms with E-state index in [-0.39, 0.29) is 25.6 Å². The van der Waals surface area contributed by atoms with Crippen LogP contribution in [0.3, 0.4) is 0 Å². The van der Waals surface area contributed by atoms with Gasteiger partial charge in [-0.15, -0.1) is 0 Å². The molecule has 5 rings (SSSR count). The molecule has 4 amide bonds. The zero-order valence-electron chi connectivity index (χ0n) is 18.5. The van der Waals surface area contributed by atoms with E-state index in [9.17, 15) is 18.8 Å². The molecule has 174 valence electrons. The van der Waals surface area contributed by atoms with Crippen molar-refractivity contribution >= 4 is 17.8 Å². The van der Waals surface area contributed by atoms with Gasteiger partial charge in [0.25, 0.3) is 11.8 Å². The summed E-state index contributed by atoms with van der Waals surface area (Å²) in [7, 11) is 0. The van der Waals surface area contributed by atoms with Crippen molar-refractivity contribution in [3.63, 3.8) is 0 Å². The summed E-state index contributed by atoms with van der Waals surface area (Å²) in [5.41, 5.74) is 0.977. The van der Waals surface area contributed by atoms with E-state index < -0.39 is 23.3 Å². The molecule has 0 radical (unpaired) electrons. The van der Waals surface area contributed by atoms with Crippen LogP contribution in [0.1, 0.15) is 27.0 Å². The maximum Gasteiger partial charge on any atom is 0.322 e. The number of carbonyl (C=O) groups is 3. The molecule has 0 bridgehead atoms. The molecule has 0 aliphatic carbocycles. The van der Waals surface area contributed by atoms with Gasteiger partial charge in [-0.05, 0) is 47.5 Å². The third-order valence-corrected chi connectivity index (χ3v) is 5.98. The van der Waals surface area contributed by atoms with E-state index in [0.717, 1.165) is 11.1 Å². The first kappa shape index (κ1) is 22.2. The number of nitrogens with zero attached hydrogens (tertiary/aromatic N) is 1. The largest absolute Gasteiger partial charge is 0.481 e. The third-order valence-electron chi connectivity index (χ3n) is 5.98. The van der Waals surface area contributed by atoms with Crippen LogP contribution in [-0.4, -0.2) is 35.9 Å². The number of benzene rings is 3. The first-order valence-electron chi connectivity index (χ1n) is 10.9. The van der Waals surface area contributed by atoms with Crippen LogP contribution >= 0.6 is 0 Å². The minimum Gasteiger partial charge on any atom is -0.481 e. The highest BCUT2D eigenvalue weighted by atomic mass is 19.1. The Bertz CT molecular complexity index is 1380. The Labute approximate surface area is 200 Å².